The summed E-state index contributed by atoms with van der Waals surface area (Å²) in [5, 5.41) is 15.0. The Morgan fingerprint density at radius 2 is 1.60 bits per heavy atom. The van der Waals surface area contributed by atoms with Crippen molar-refractivity contribution < 1.29 is 37.3 Å². The van der Waals surface area contributed by atoms with E-state index in [0.717, 1.165) is 38.0 Å². The zero-order chi connectivity index (χ0) is 33.2. The highest BCUT2D eigenvalue weighted by molar-refractivity contribution is 5.95. The number of ether oxygens (including phenoxy) is 2. The van der Waals surface area contributed by atoms with Crippen LogP contribution in [0.3, 0.4) is 0 Å². The summed E-state index contributed by atoms with van der Waals surface area (Å²) in [6.45, 7) is 0.974. The second-order valence-electron chi connectivity index (χ2n) is 12.4. The third-order valence-electron chi connectivity index (χ3n) is 8.80. The number of nitrogens with one attached hydrogen (secondary N) is 2. The molecule has 3 N–H and O–H groups in total. The fraction of sp³-hybridized carbons (Fsp3) is 0.469. The molecule has 2 aliphatic carbocycles. The number of carbonyl (C=O) groups is 2. The van der Waals surface area contributed by atoms with Crippen molar-refractivity contribution in [2.75, 3.05) is 50.5 Å². The van der Waals surface area contributed by atoms with Crippen LogP contribution in [0.2, 0.25) is 0 Å². The summed E-state index contributed by atoms with van der Waals surface area (Å²) < 4.78 is 48.9. The Labute approximate surface area is 269 Å². The number of alkyl halides is 3. The van der Waals surface area contributed by atoms with Gasteiger partial charge >= 0.3 is 18.2 Å². The summed E-state index contributed by atoms with van der Waals surface area (Å²) >= 11 is 0. The molecule has 2 saturated carbocycles. The lowest BCUT2D eigenvalue weighted by Gasteiger charge is -2.32. The fourth-order valence-corrected chi connectivity index (χ4v) is 5.85. The van der Waals surface area contributed by atoms with Gasteiger partial charge in [-0.3, -0.25) is 4.79 Å². The molecule has 1 aliphatic heterocycles. The second-order valence-corrected chi connectivity index (χ2v) is 12.4. The van der Waals surface area contributed by atoms with Crippen LogP contribution in [0.25, 0.3) is 0 Å². The van der Waals surface area contributed by atoms with Crippen LogP contribution in [0.4, 0.5) is 30.8 Å². The summed E-state index contributed by atoms with van der Waals surface area (Å²) in [6, 6.07) is 13.1. The minimum atomic E-state index is -4.60. The Morgan fingerprint density at radius 1 is 0.936 bits per heavy atom. The maximum Gasteiger partial charge on any atom is 0.422 e. The number of likely N-dealkylation sites (N-methyl/N-ethyl adjacent to an activating group) is 1. The minimum Gasteiger partial charge on any atom is -0.482 e. The summed E-state index contributed by atoms with van der Waals surface area (Å²) in [7, 11) is 1.85. The Hall–Kier alpha value is -4.66. The Kier molecular flexibility index (Phi) is 8.83. The van der Waals surface area contributed by atoms with E-state index < -0.39 is 36.9 Å². The lowest BCUT2D eigenvalue weighted by atomic mass is 10.1. The molecule has 1 saturated heterocycles. The first-order chi connectivity index (χ1) is 22.4. The van der Waals surface area contributed by atoms with E-state index in [0.29, 0.717) is 29.8 Å². The van der Waals surface area contributed by atoms with Gasteiger partial charge in [0.25, 0.3) is 5.91 Å². The number of benzene rings is 2. The van der Waals surface area contributed by atoms with E-state index >= 15 is 0 Å². The average Bonchev–Trinajstić information content (AvgIpc) is 3.95. The quantitative estimate of drug-likeness (QED) is 0.220. The molecule has 2 aromatic carbocycles. The van der Waals surface area contributed by atoms with Gasteiger partial charge in [0.1, 0.15) is 5.75 Å². The van der Waals surface area contributed by atoms with Crippen LogP contribution in [-0.4, -0.2) is 93.3 Å². The second kappa shape index (κ2) is 12.9. The van der Waals surface area contributed by atoms with Crippen molar-refractivity contribution in [3.8, 4) is 11.8 Å². The largest absolute Gasteiger partial charge is 0.482 e. The number of amides is 1. The molecule has 0 spiro atoms. The third kappa shape index (κ3) is 8.02. The van der Waals surface area contributed by atoms with Gasteiger partial charge in [-0.15, -0.1) is 0 Å². The number of halogens is 3. The lowest BCUT2D eigenvalue weighted by Crippen LogP contribution is -2.46. The number of rotatable bonds is 14. The van der Waals surface area contributed by atoms with Gasteiger partial charge in [0, 0.05) is 24.8 Å². The molecular weight excluding hydrogens is 619 g/mol. The van der Waals surface area contributed by atoms with Crippen molar-refractivity contribution in [1.29, 1.82) is 0 Å². The number of hydrogen-bond donors (Lipinski definition) is 3. The predicted molar refractivity (Wildman–Crippen MR) is 165 cm³/mol. The molecule has 0 atom stereocenters. The smallest absolute Gasteiger partial charge is 0.422 e. The van der Waals surface area contributed by atoms with Crippen LogP contribution in [-0.2, 0) is 10.3 Å². The molecule has 3 aromatic rings. The Balaban J connectivity index is 1.15. The average molecular weight is 656 g/mol. The van der Waals surface area contributed by atoms with Crippen LogP contribution in [0, 0.1) is 0 Å². The van der Waals surface area contributed by atoms with E-state index in [2.05, 4.69) is 30.5 Å². The van der Waals surface area contributed by atoms with E-state index in [1.165, 1.54) is 12.8 Å². The monoisotopic (exact) mass is 655 g/mol. The van der Waals surface area contributed by atoms with Crippen LogP contribution in [0.5, 0.6) is 11.8 Å². The van der Waals surface area contributed by atoms with E-state index in [4.69, 9.17) is 14.6 Å². The summed E-state index contributed by atoms with van der Waals surface area (Å²) in [6.07, 6.45) is 1.13. The molecular formula is C32H36F3N7O5. The zero-order valence-electron chi connectivity index (χ0n) is 25.8. The first-order valence-electron chi connectivity index (χ1n) is 15.5. The minimum absolute atomic E-state index is 0.00420. The van der Waals surface area contributed by atoms with Gasteiger partial charge in [-0.1, -0.05) is 12.1 Å². The van der Waals surface area contributed by atoms with Crippen molar-refractivity contribution in [1.82, 2.24) is 24.8 Å². The predicted octanol–water partition coefficient (Wildman–Crippen LogP) is 4.82. The number of carbonyl (C=O) groups excluding carboxylic acids is 1. The van der Waals surface area contributed by atoms with Crippen molar-refractivity contribution in [3.63, 3.8) is 0 Å². The number of nitrogens with zero attached hydrogens (tertiary/aromatic N) is 5. The highest BCUT2D eigenvalue weighted by Gasteiger charge is 2.49. The van der Waals surface area contributed by atoms with Gasteiger partial charge in [-0.2, -0.15) is 28.1 Å². The molecule has 3 aliphatic rings. The van der Waals surface area contributed by atoms with E-state index in [-0.39, 0.29) is 23.3 Å². The fourth-order valence-electron chi connectivity index (χ4n) is 5.85. The van der Waals surface area contributed by atoms with Crippen LogP contribution >= 0.6 is 0 Å². The molecule has 12 nitrogen and oxygen atoms in total. The van der Waals surface area contributed by atoms with E-state index in [9.17, 15) is 22.8 Å². The Morgan fingerprint density at radius 3 is 2.19 bits per heavy atom. The van der Waals surface area contributed by atoms with Crippen molar-refractivity contribution in [2.24, 2.45) is 0 Å². The number of carboxylic acids is 1. The van der Waals surface area contributed by atoms with E-state index in [1.54, 1.807) is 48.5 Å². The van der Waals surface area contributed by atoms with Crippen molar-refractivity contribution in [3.05, 3.63) is 59.7 Å². The maximum absolute atomic E-state index is 13.4. The number of carboxylic acid groups (broad SMARTS) is 1. The molecule has 1 aromatic heterocycles. The van der Waals surface area contributed by atoms with Crippen LogP contribution in [0.1, 0.15) is 54.4 Å². The van der Waals surface area contributed by atoms with Gasteiger partial charge in [-0.05, 0) is 93.6 Å². The molecule has 3 fully saturated rings. The number of likely N-dealkylation sites (tertiary alicyclic amines) is 1. The van der Waals surface area contributed by atoms with E-state index in [1.807, 2.05) is 11.9 Å². The number of aromatic nitrogens is 3. The molecule has 2 heterocycles. The SMILES string of the molecule is CN(C(=O)c1ccc(Nc2nc(NC3(c4ccc(OCC(=O)O)cc4)CC3)nc(OCC(F)(F)F)n2)cc1)C1(CN2CCCC2)CC1. The van der Waals surface area contributed by atoms with Crippen LogP contribution < -0.4 is 20.1 Å². The highest BCUT2D eigenvalue weighted by Crippen LogP contribution is 2.48. The normalized spacial score (nSPS) is 17.9. The topological polar surface area (TPSA) is 142 Å². The first-order valence-corrected chi connectivity index (χ1v) is 15.5. The maximum atomic E-state index is 13.4. The molecule has 0 radical (unpaired) electrons. The van der Waals surface area contributed by atoms with Crippen molar-refractivity contribution in [2.45, 2.75) is 55.8 Å². The van der Waals surface area contributed by atoms with Gasteiger partial charge in [0.15, 0.2) is 13.2 Å². The third-order valence-corrected chi connectivity index (χ3v) is 8.80. The van der Waals surface area contributed by atoms with Crippen LogP contribution in [0.15, 0.2) is 48.5 Å². The molecule has 15 heteroatoms. The molecule has 1 amide bonds. The number of aliphatic carboxylic acids is 1. The summed E-state index contributed by atoms with van der Waals surface area (Å²) in [5.41, 5.74) is 1.15. The zero-order valence-corrected chi connectivity index (χ0v) is 25.8. The molecule has 47 heavy (non-hydrogen) atoms. The standard InChI is InChI=1S/C32H36F3N7O5/c1-41(30(12-13-30)19-42-16-2-3-17-42)26(45)21-4-8-23(9-5-21)36-27-37-28(39-29(38-27)47-20-32(33,34)35)40-31(14-15-31)22-6-10-24(11-7-22)46-18-25(43)44/h4-11H,2-3,12-20H2,1H3,(H,43,44)(H2,36,37,38,39,40). The Bertz CT molecular complexity index is 1590. The molecule has 250 valence electrons. The number of hydrogen-bond acceptors (Lipinski definition) is 10. The van der Waals surface area contributed by atoms with Gasteiger partial charge in [0.05, 0.1) is 11.1 Å². The number of anilines is 3. The first kappa shape index (κ1) is 32.3. The summed E-state index contributed by atoms with van der Waals surface area (Å²) in [4.78, 5) is 40.9. The van der Waals surface area contributed by atoms with Gasteiger partial charge < -0.3 is 35.0 Å². The highest BCUT2D eigenvalue weighted by atomic mass is 19.4. The molecule has 0 unspecified atom stereocenters. The van der Waals surface area contributed by atoms with Gasteiger partial charge in [0.2, 0.25) is 11.9 Å². The van der Waals surface area contributed by atoms with Crippen molar-refractivity contribution >= 4 is 29.5 Å². The summed E-state index contributed by atoms with van der Waals surface area (Å²) in [5.74, 6) is -0.825. The van der Waals surface area contributed by atoms with Gasteiger partial charge in [-0.25, -0.2) is 4.79 Å². The molecule has 6 rings (SSSR count). The lowest BCUT2D eigenvalue weighted by molar-refractivity contribution is -0.154. The molecule has 0 bridgehead atoms.